The molecule has 5 heteroatoms. The molecule has 1 aliphatic carbocycles. The van der Waals surface area contributed by atoms with Crippen molar-refractivity contribution in [1.29, 1.82) is 0 Å². The number of methoxy groups -OCH3 is 1. The fourth-order valence-electron chi connectivity index (χ4n) is 5.94. The maximum Gasteiger partial charge on any atom is 0.227 e. The van der Waals surface area contributed by atoms with Crippen LogP contribution in [0.15, 0.2) is 24.3 Å². The second kappa shape index (κ2) is 6.84. The molecule has 1 saturated carbocycles. The van der Waals surface area contributed by atoms with Gasteiger partial charge in [0.1, 0.15) is 5.75 Å². The maximum absolute atomic E-state index is 13.4. The summed E-state index contributed by atoms with van der Waals surface area (Å²) in [5.41, 5.74) is 1.01. The number of piperidine rings is 1. The van der Waals surface area contributed by atoms with E-state index in [-0.39, 0.29) is 35.4 Å². The van der Waals surface area contributed by atoms with Gasteiger partial charge in [0.15, 0.2) is 0 Å². The summed E-state index contributed by atoms with van der Waals surface area (Å²) < 4.78 is 5.30. The Labute approximate surface area is 161 Å². The predicted octanol–water partition coefficient (Wildman–Crippen LogP) is 3.02. The molecule has 2 bridgehead atoms. The van der Waals surface area contributed by atoms with Crippen molar-refractivity contribution in [2.45, 2.75) is 70.5 Å². The average Bonchev–Trinajstić information content (AvgIpc) is 2.75. The zero-order valence-corrected chi connectivity index (χ0v) is 16.6. The number of nitrogens with zero attached hydrogens (tertiary/aromatic N) is 2. The molecular formula is C22H30N2O3. The summed E-state index contributed by atoms with van der Waals surface area (Å²) in [7, 11) is 1.65. The Hall–Kier alpha value is -2.04. The van der Waals surface area contributed by atoms with Crippen molar-refractivity contribution in [2.24, 2.45) is 5.41 Å². The molecule has 2 aliphatic heterocycles. The van der Waals surface area contributed by atoms with Gasteiger partial charge in [0, 0.05) is 31.0 Å². The number of carbonyl (C=O) groups excluding carboxylic acids is 2. The first kappa shape index (κ1) is 18.3. The minimum absolute atomic E-state index is 0.0229. The first-order valence-corrected chi connectivity index (χ1v) is 10.2. The van der Waals surface area contributed by atoms with E-state index < -0.39 is 0 Å². The number of hydrogen-bond donors (Lipinski definition) is 0. The number of hydrogen-bond acceptors (Lipinski definition) is 3. The molecule has 0 spiro atoms. The van der Waals surface area contributed by atoms with Crippen molar-refractivity contribution in [3.8, 4) is 5.75 Å². The highest BCUT2D eigenvalue weighted by Gasteiger charge is 2.60. The van der Waals surface area contributed by atoms with Gasteiger partial charge < -0.3 is 14.5 Å². The Balaban J connectivity index is 1.63. The molecule has 3 aliphatic rings. The molecular weight excluding hydrogens is 340 g/mol. The largest absolute Gasteiger partial charge is 0.497 e. The third-order valence-corrected chi connectivity index (χ3v) is 7.10. The Bertz CT molecular complexity index is 749. The van der Waals surface area contributed by atoms with E-state index in [1.807, 2.05) is 24.3 Å². The quantitative estimate of drug-likeness (QED) is 0.822. The minimum atomic E-state index is 0.0229. The molecule has 4 rings (SSSR count). The summed E-state index contributed by atoms with van der Waals surface area (Å²) in [6.45, 7) is 4.68. The standard InChI is InChI=1S/C22H30N2O3/c1-15(25)23-14-17-13-22(2)19(23)9-4-5-10-20(22)24(17)21(26)12-16-7-6-8-18(11-16)27-3/h6-8,11,17,19-20H,4-5,9-10,12-14H2,1-3H3/t17-,19+,20-,22+/m0/s1. The highest BCUT2D eigenvalue weighted by atomic mass is 16.5. The topological polar surface area (TPSA) is 49.9 Å². The molecule has 0 aromatic heterocycles. The molecule has 0 N–H and O–H groups in total. The van der Waals surface area contributed by atoms with Gasteiger partial charge in [-0.15, -0.1) is 0 Å². The average molecular weight is 370 g/mol. The molecule has 3 fully saturated rings. The number of rotatable bonds is 3. The van der Waals surface area contributed by atoms with Crippen molar-refractivity contribution in [2.75, 3.05) is 13.7 Å². The predicted molar refractivity (Wildman–Crippen MR) is 103 cm³/mol. The van der Waals surface area contributed by atoms with Gasteiger partial charge in [-0.3, -0.25) is 9.59 Å². The minimum Gasteiger partial charge on any atom is -0.497 e. The van der Waals surface area contributed by atoms with Crippen molar-refractivity contribution in [3.05, 3.63) is 29.8 Å². The fourth-order valence-corrected chi connectivity index (χ4v) is 5.94. The van der Waals surface area contributed by atoms with Gasteiger partial charge >= 0.3 is 0 Å². The molecule has 1 aromatic carbocycles. The van der Waals surface area contributed by atoms with Crippen LogP contribution in [0.25, 0.3) is 0 Å². The van der Waals surface area contributed by atoms with E-state index in [2.05, 4.69) is 16.7 Å². The Morgan fingerprint density at radius 1 is 1.22 bits per heavy atom. The molecule has 4 atom stereocenters. The lowest BCUT2D eigenvalue weighted by molar-refractivity contribution is -0.137. The summed E-state index contributed by atoms with van der Waals surface area (Å²) in [6.07, 6.45) is 5.82. The van der Waals surface area contributed by atoms with E-state index in [9.17, 15) is 9.59 Å². The zero-order valence-electron chi connectivity index (χ0n) is 16.6. The lowest BCUT2D eigenvalue weighted by atomic mass is 9.71. The van der Waals surface area contributed by atoms with Gasteiger partial charge in [-0.2, -0.15) is 0 Å². The van der Waals surface area contributed by atoms with E-state index in [1.165, 1.54) is 0 Å². The number of fused-ring (bicyclic) bond motifs is 1. The van der Waals surface area contributed by atoms with Crippen LogP contribution in [0.5, 0.6) is 5.75 Å². The van der Waals surface area contributed by atoms with Crippen molar-refractivity contribution in [3.63, 3.8) is 0 Å². The summed E-state index contributed by atoms with van der Waals surface area (Å²) >= 11 is 0. The smallest absolute Gasteiger partial charge is 0.227 e. The summed E-state index contributed by atoms with van der Waals surface area (Å²) in [6, 6.07) is 8.44. The molecule has 2 saturated heterocycles. The van der Waals surface area contributed by atoms with E-state index in [1.54, 1.807) is 14.0 Å². The van der Waals surface area contributed by atoms with Crippen LogP contribution in [0.2, 0.25) is 0 Å². The van der Waals surface area contributed by atoms with Crippen molar-refractivity contribution >= 4 is 11.8 Å². The first-order valence-electron chi connectivity index (χ1n) is 10.2. The second-order valence-electron chi connectivity index (χ2n) is 8.68. The summed E-state index contributed by atoms with van der Waals surface area (Å²) in [5, 5.41) is 0. The lowest BCUT2D eigenvalue weighted by Crippen LogP contribution is -2.55. The number of amides is 2. The third kappa shape index (κ3) is 3.01. The van der Waals surface area contributed by atoms with Crippen LogP contribution in [-0.2, 0) is 16.0 Å². The van der Waals surface area contributed by atoms with Crippen LogP contribution in [-0.4, -0.2) is 53.4 Å². The van der Waals surface area contributed by atoms with Gasteiger partial charge in [-0.25, -0.2) is 0 Å². The van der Waals surface area contributed by atoms with E-state index in [0.29, 0.717) is 13.0 Å². The summed E-state index contributed by atoms with van der Waals surface area (Å²) in [5.74, 6) is 1.12. The molecule has 146 valence electrons. The van der Waals surface area contributed by atoms with Gasteiger partial charge in [0.25, 0.3) is 0 Å². The molecule has 0 unspecified atom stereocenters. The lowest BCUT2D eigenvalue weighted by Gasteiger charge is -2.46. The van der Waals surface area contributed by atoms with Crippen LogP contribution >= 0.6 is 0 Å². The number of benzene rings is 1. The van der Waals surface area contributed by atoms with E-state index in [0.717, 1.165) is 43.4 Å². The number of carbonyl (C=O) groups is 2. The maximum atomic E-state index is 13.4. The third-order valence-electron chi connectivity index (χ3n) is 7.10. The van der Waals surface area contributed by atoms with Gasteiger partial charge in [-0.1, -0.05) is 31.9 Å². The summed E-state index contributed by atoms with van der Waals surface area (Å²) in [4.78, 5) is 29.9. The highest BCUT2D eigenvalue weighted by molar-refractivity contribution is 5.81. The number of likely N-dealkylation sites (tertiary alicyclic amines) is 2. The molecule has 27 heavy (non-hydrogen) atoms. The monoisotopic (exact) mass is 370 g/mol. The zero-order chi connectivity index (χ0) is 19.2. The van der Waals surface area contributed by atoms with Crippen LogP contribution in [0.4, 0.5) is 0 Å². The Kier molecular flexibility index (Phi) is 4.65. The van der Waals surface area contributed by atoms with Crippen LogP contribution < -0.4 is 4.74 Å². The molecule has 0 radical (unpaired) electrons. The van der Waals surface area contributed by atoms with E-state index in [4.69, 9.17) is 4.74 Å². The molecule has 2 amide bonds. The molecule has 5 nitrogen and oxygen atoms in total. The highest BCUT2D eigenvalue weighted by Crippen LogP contribution is 2.53. The van der Waals surface area contributed by atoms with Crippen LogP contribution in [0.1, 0.15) is 51.5 Å². The van der Waals surface area contributed by atoms with Gasteiger partial charge in [0.05, 0.1) is 19.6 Å². The SMILES string of the molecule is COc1cccc(CC(=O)N2[C@@H]3CN(C(C)=O)[C@@H]4CCCC[C@H]2[C@]4(C)C3)c1. The van der Waals surface area contributed by atoms with Crippen molar-refractivity contribution < 1.29 is 14.3 Å². The second-order valence-corrected chi connectivity index (χ2v) is 8.68. The Morgan fingerprint density at radius 2 is 1.96 bits per heavy atom. The van der Waals surface area contributed by atoms with Crippen LogP contribution in [0, 0.1) is 5.41 Å². The number of ether oxygens (including phenoxy) is 1. The van der Waals surface area contributed by atoms with Crippen LogP contribution in [0.3, 0.4) is 0 Å². The van der Waals surface area contributed by atoms with Gasteiger partial charge in [0.2, 0.25) is 11.8 Å². The van der Waals surface area contributed by atoms with Crippen molar-refractivity contribution in [1.82, 2.24) is 9.80 Å². The Morgan fingerprint density at radius 3 is 2.67 bits per heavy atom. The molecule has 2 heterocycles. The van der Waals surface area contributed by atoms with E-state index >= 15 is 0 Å². The first-order chi connectivity index (χ1) is 12.9. The van der Waals surface area contributed by atoms with Gasteiger partial charge in [-0.05, 0) is 37.0 Å². The molecule has 1 aromatic rings. The fraction of sp³-hybridized carbons (Fsp3) is 0.636. The normalized spacial score (nSPS) is 32.2.